The van der Waals surface area contributed by atoms with E-state index < -0.39 is 0 Å². The van der Waals surface area contributed by atoms with Crippen LogP contribution in [0, 0.1) is 0 Å². The Balaban J connectivity index is 1.83. The van der Waals surface area contributed by atoms with Gasteiger partial charge in [-0.25, -0.2) is 4.98 Å². The smallest absolute Gasteiger partial charge is 0.136 e. The second kappa shape index (κ2) is 4.98. The van der Waals surface area contributed by atoms with Crippen LogP contribution >= 0.6 is 22.7 Å². The maximum atomic E-state index is 6.17. The molecule has 0 saturated heterocycles. The van der Waals surface area contributed by atoms with Crippen LogP contribution in [0.4, 0.5) is 5.00 Å². The first-order valence-corrected chi connectivity index (χ1v) is 8.25. The third-order valence-corrected chi connectivity index (χ3v) is 5.51. The van der Waals surface area contributed by atoms with Crippen LogP contribution in [-0.2, 0) is 0 Å². The average molecular weight is 308 g/mol. The van der Waals surface area contributed by atoms with Gasteiger partial charge in [0, 0.05) is 10.3 Å². The minimum Gasteiger partial charge on any atom is -0.389 e. The summed E-state index contributed by atoms with van der Waals surface area (Å²) >= 11 is 3.31. The molecule has 4 heteroatoms. The number of nitrogen functional groups attached to an aromatic ring is 1. The standard InChI is InChI=1S/C17H12N2S2/c18-16-15(11-6-2-1-3-7-11)19-17(21-16)14-10-12-8-4-5-9-13(12)20-14/h1-10H,18H2. The van der Waals surface area contributed by atoms with Gasteiger partial charge >= 0.3 is 0 Å². The van der Waals surface area contributed by atoms with Crippen LogP contribution < -0.4 is 5.73 Å². The molecule has 4 aromatic rings. The molecular formula is C17H12N2S2. The SMILES string of the molecule is Nc1sc(-c2cc3ccccc3s2)nc1-c1ccccc1. The van der Waals surface area contributed by atoms with Gasteiger partial charge in [-0.15, -0.1) is 11.3 Å². The number of hydrogen-bond acceptors (Lipinski definition) is 4. The molecule has 0 atom stereocenters. The van der Waals surface area contributed by atoms with Gasteiger partial charge in [-0.3, -0.25) is 0 Å². The summed E-state index contributed by atoms with van der Waals surface area (Å²) in [7, 11) is 0. The van der Waals surface area contributed by atoms with Crippen LogP contribution in [-0.4, -0.2) is 4.98 Å². The zero-order valence-corrected chi connectivity index (χ0v) is 12.7. The van der Waals surface area contributed by atoms with Crippen molar-refractivity contribution >= 4 is 37.8 Å². The number of benzene rings is 2. The molecule has 4 rings (SSSR count). The number of anilines is 1. The topological polar surface area (TPSA) is 38.9 Å². The van der Waals surface area contributed by atoms with Crippen molar-refractivity contribution in [2.45, 2.75) is 0 Å². The van der Waals surface area contributed by atoms with E-state index >= 15 is 0 Å². The fourth-order valence-electron chi connectivity index (χ4n) is 2.33. The third-order valence-electron chi connectivity index (χ3n) is 3.34. The Kier molecular flexibility index (Phi) is 2.98. The molecule has 2 aromatic heterocycles. The zero-order chi connectivity index (χ0) is 14.2. The summed E-state index contributed by atoms with van der Waals surface area (Å²) < 4.78 is 1.28. The second-order valence-corrected chi connectivity index (χ2v) is 6.86. The predicted octanol–water partition coefficient (Wildman–Crippen LogP) is 5.27. The summed E-state index contributed by atoms with van der Waals surface area (Å²) in [6.45, 7) is 0. The summed E-state index contributed by atoms with van der Waals surface area (Å²) in [6, 6.07) is 20.7. The highest BCUT2D eigenvalue weighted by Crippen LogP contribution is 2.40. The van der Waals surface area contributed by atoms with Crippen LogP contribution in [0.2, 0.25) is 0 Å². The van der Waals surface area contributed by atoms with Crippen molar-refractivity contribution in [1.82, 2.24) is 4.98 Å². The highest BCUT2D eigenvalue weighted by Gasteiger charge is 2.13. The van der Waals surface area contributed by atoms with E-state index in [4.69, 9.17) is 10.7 Å². The Morgan fingerprint density at radius 3 is 2.43 bits per heavy atom. The molecule has 0 aliphatic heterocycles. The number of nitrogens with two attached hydrogens (primary N) is 1. The molecule has 0 aliphatic carbocycles. The van der Waals surface area contributed by atoms with E-state index in [1.54, 1.807) is 22.7 Å². The maximum Gasteiger partial charge on any atom is 0.136 e. The lowest BCUT2D eigenvalue weighted by Crippen LogP contribution is -1.84. The zero-order valence-electron chi connectivity index (χ0n) is 11.1. The number of aromatic nitrogens is 1. The van der Waals surface area contributed by atoms with E-state index in [1.807, 2.05) is 30.3 Å². The van der Waals surface area contributed by atoms with Crippen molar-refractivity contribution in [2.75, 3.05) is 5.73 Å². The number of hydrogen-bond donors (Lipinski definition) is 1. The maximum absolute atomic E-state index is 6.17. The summed E-state index contributed by atoms with van der Waals surface area (Å²) in [5.41, 5.74) is 8.12. The first-order valence-electron chi connectivity index (χ1n) is 6.62. The van der Waals surface area contributed by atoms with E-state index in [0.29, 0.717) is 0 Å². The van der Waals surface area contributed by atoms with Gasteiger partial charge in [0.15, 0.2) is 0 Å². The molecule has 0 amide bonds. The Morgan fingerprint density at radius 2 is 1.62 bits per heavy atom. The Hall–Kier alpha value is -2.17. The van der Waals surface area contributed by atoms with Gasteiger partial charge in [0.1, 0.15) is 15.7 Å². The van der Waals surface area contributed by atoms with Gasteiger partial charge in [-0.05, 0) is 17.5 Å². The lowest BCUT2D eigenvalue weighted by atomic mass is 10.2. The highest BCUT2D eigenvalue weighted by molar-refractivity contribution is 7.27. The first-order chi connectivity index (χ1) is 10.3. The molecule has 2 aromatic carbocycles. The summed E-state index contributed by atoms with van der Waals surface area (Å²) in [4.78, 5) is 5.93. The Labute approximate surface area is 130 Å². The summed E-state index contributed by atoms with van der Waals surface area (Å²) in [5.74, 6) is 0. The largest absolute Gasteiger partial charge is 0.389 e. The molecule has 2 N–H and O–H groups in total. The fourth-order valence-corrected chi connectivity index (χ4v) is 4.29. The van der Waals surface area contributed by atoms with Gasteiger partial charge in [0.05, 0.1) is 4.88 Å². The van der Waals surface area contributed by atoms with Crippen LogP contribution in [0.1, 0.15) is 0 Å². The minimum atomic E-state index is 0.772. The molecule has 0 saturated carbocycles. The summed E-state index contributed by atoms with van der Waals surface area (Å²) in [6.07, 6.45) is 0. The molecule has 2 heterocycles. The van der Waals surface area contributed by atoms with Crippen LogP contribution in [0.25, 0.3) is 31.2 Å². The van der Waals surface area contributed by atoms with E-state index in [1.165, 1.54) is 15.0 Å². The van der Waals surface area contributed by atoms with Crippen LogP contribution in [0.15, 0.2) is 60.7 Å². The molecule has 0 unspecified atom stereocenters. The van der Waals surface area contributed by atoms with E-state index in [9.17, 15) is 0 Å². The van der Waals surface area contributed by atoms with Gasteiger partial charge in [-0.2, -0.15) is 0 Å². The van der Waals surface area contributed by atoms with Crippen LogP contribution in [0.5, 0.6) is 0 Å². The lowest BCUT2D eigenvalue weighted by Gasteiger charge is -1.96. The molecule has 102 valence electrons. The van der Waals surface area contributed by atoms with E-state index in [2.05, 4.69) is 30.3 Å². The van der Waals surface area contributed by atoms with Crippen molar-refractivity contribution in [3.63, 3.8) is 0 Å². The minimum absolute atomic E-state index is 0.772. The van der Waals surface area contributed by atoms with Crippen molar-refractivity contribution < 1.29 is 0 Å². The molecular weight excluding hydrogens is 296 g/mol. The van der Waals surface area contributed by atoms with Crippen LogP contribution in [0.3, 0.4) is 0 Å². The van der Waals surface area contributed by atoms with Gasteiger partial charge in [0.2, 0.25) is 0 Å². The molecule has 0 spiro atoms. The van der Waals surface area contributed by atoms with Gasteiger partial charge < -0.3 is 5.73 Å². The predicted molar refractivity (Wildman–Crippen MR) is 92.8 cm³/mol. The third kappa shape index (κ3) is 2.22. The van der Waals surface area contributed by atoms with Gasteiger partial charge in [0.25, 0.3) is 0 Å². The normalized spacial score (nSPS) is 11.0. The number of thiophene rings is 1. The molecule has 2 nitrogen and oxygen atoms in total. The molecule has 0 fully saturated rings. The fraction of sp³-hybridized carbons (Fsp3) is 0. The Bertz CT molecular complexity index is 874. The van der Waals surface area contributed by atoms with Crippen molar-refractivity contribution in [1.29, 1.82) is 0 Å². The molecule has 0 bridgehead atoms. The quantitative estimate of drug-likeness (QED) is 0.547. The van der Waals surface area contributed by atoms with Crippen molar-refractivity contribution in [3.05, 3.63) is 60.7 Å². The van der Waals surface area contributed by atoms with Crippen molar-refractivity contribution in [3.8, 4) is 21.1 Å². The second-order valence-electron chi connectivity index (χ2n) is 4.75. The van der Waals surface area contributed by atoms with E-state index in [0.717, 1.165) is 21.3 Å². The first kappa shape index (κ1) is 12.6. The highest BCUT2D eigenvalue weighted by atomic mass is 32.1. The average Bonchev–Trinajstić information content (AvgIpc) is 3.11. The van der Waals surface area contributed by atoms with E-state index in [-0.39, 0.29) is 0 Å². The summed E-state index contributed by atoms with van der Waals surface area (Å²) in [5, 5.41) is 3.02. The molecule has 0 radical (unpaired) electrons. The number of fused-ring (bicyclic) bond motifs is 1. The number of nitrogens with zero attached hydrogens (tertiary/aromatic N) is 1. The van der Waals surface area contributed by atoms with Gasteiger partial charge in [-0.1, -0.05) is 59.9 Å². The lowest BCUT2D eigenvalue weighted by molar-refractivity contribution is 1.42. The molecule has 0 aliphatic rings. The Morgan fingerprint density at radius 1 is 0.857 bits per heavy atom. The monoisotopic (exact) mass is 308 g/mol. The number of thiazole rings is 1. The molecule has 21 heavy (non-hydrogen) atoms. The number of rotatable bonds is 2. The van der Waals surface area contributed by atoms with Crippen molar-refractivity contribution in [2.24, 2.45) is 0 Å².